The minimum atomic E-state index is -0.840. The van der Waals surface area contributed by atoms with Crippen LogP contribution in [-0.4, -0.2) is 5.78 Å². The Balaban J connectivity index is 2.53. The van der Waals surface area contributed by atoms with Gasteiger partial charge in [-0.1, -0.05) is 0 Å². The summed E-state index contributed by atoms with van der Waals surface area (Å²) in [6.07, 6.45) is 0. The zero-order valence-corrected chi connectivity index (χ0v) is 10.0. The molecule has 0 bridgehead atoms. The van der Waals surface area contributed by atoms with Crippen LogP contribution in [0, 0.1) is 24.4 Å². The smallest absolute Gasteiger partial charge is 0.198 e. The molecule has 0 heterocycles. The van der Waals surface area contributed by atoms with Crippen molar-refractivity contribution in [2.45, 2.75) is 6.92 Å². The van der Waals surface area contributed by atoms with Crippen LogP contribution < -0.4 is 5.73 Å². The molecular weight excluding hydrogens is 255 g/mol. The minimum absolute atomic E-state index is 0.0662. The van der Waals surface area contributed by atoms with Gasteiger partial charge in [-0.05, 0) is 42.8 Å². The summed E-state index contributed by atoms with van der Waals surface area (Å²) in [6.45, 7) is 1.39. The molecule has 0 fully saturated rings. The first kappa shape index (κ1) is 13.1. The molecule has 19 heavy (non-hydrogen) atoms. The Morgan fingerprint density at radius 3 is 2.32 bits per heavy atom. The number of carbonyl (C=O) groups excluding carboxylic acids is 1. The summed E-state index contributed by atoms with van der Waals surface area (Å²) in [5, 5.41) is 0. The summed E-state index contributed by atoms with van der Waals surface area (Å²) < 4.78 is 39.9. The summed E-state index contributed by atoms with van der Waals surface area (Å²) >= 11 is 0. The number of carbonyl (C=O) groups is 1. The van der Waals surface area contributed by atoms with Crippen LogP contribution in [0.25, 0.3) is 0 Å². The number of rotatable bonds is 2. The van der Waals surface area contributed by atoms with Gasteiger partial charge < -0.3 is 5.73 Å². The summed E-state index contributed by atoms with van der Waals surface area (Å²) in [5.41, 5.74) is 4.98. The molecule has 0 amide bonds. The number of benzene rings is 2. The largest absolute Gasteiger partial charge is 0.398 e. The van der Waals surface area contributed by atoms with Crippen molar-refractivity contribution in [3.05, 3.63) is 64.5 Å². The van der Waals surface area contributed by atoms with Gasteiger partial charge in [0.05, 0.1) is 5.56 Å². The van der Waals surface area contributed by atoms with Gasteiger partial charge in [0.2, 0.25) is 0 Å². The summed E-state index contributed by atoms with van der Waals surface area (Å²) in [6, 6.07) is 4.88. The van der Waals surface area contributed by atoms with Crippen LogP contribution in [0.1, 0.15) is 21.5 Å². The average molecular weight is 265 g/mol. The van der Waals surface area contributed by atoms with Crippen molar-refractivity contribution >= 4 is 11.5 Å². The van der Waals surface area contributed by atoms with Crippen LogP contribution in [0.2, 0.25) is 0 Å². The van der Waals surface area contributed by atoms with Gasteiger partial charge in [0.25, 0.3) is 0 Å². The summed E-state index contributed by atoms with van der Waals surface area (Å²) in [7, 11) is 0. The highest BCUT2D eigenvalue weighted by molar-refractivity contribution is 6.12. The third kappa shape index (κ3) is 2.45. The molecule has 2 aromatic rings. The van der Waals surface area contributed by atoms with Crippen molar-refractivity contribution in [2.75, 3.05) is 5.73 Å². The van der Waals surface area contributed by atoms with Crippen molar-refractivity contribution < 1.29 is 18.0 Å². The fraction of sp³-hybridized carbons (Fsp3) is 0.0714. The Morgan fingerprint density at radius 2 is 1.68 bits per heavy atom. The highest BCUT2D eigenvalue weighted by atomic mass is 19.1. The molecule has 98 valence electrons. The lowest BCUT2D eigenvalue weighted by atomic mass is 10.00. The molecule has 2 rings (SSSR count). The minimum Gasteiger partial charge on any atom is -0.398 e. The van der Waals surface area contributed by atoms with Gasteiger partial charge in [-0.3, -0.25) is 4.79 Å². The quantitative estimate of drug-likeness (QED) is 0.669. The monoisotopic (exact) mass is 265 g/mol. The lowest BCUT2D eigenvalue weighted by molar-refractivity contribution is 0.103. The second-order valence-electron chi connectivity index (χ2n) is 4.14. The van der Waals surface area contributed by atoms with Gasteiger partial charge in [0.15, 0.2) is 5.78 Å². The van der Waals surface area contributed by atoms with E-state index in [1.54, 1.807) is 0 Å². The van der Waals surface area contributed by atoms with Gasteiger partial charge in [-0.2, -0.15) is 0 Å². The molecule has 0 radical (unpaired) electrons. The Labute approximate surface area is 107 Å². The molecule has 0 aromatic heterocycles. The number of hydrogen-bond donors (Lipinski definition) is 1. The van der Waals surface area contributed by atoms with Gasteiger partial charge in [0, 0.05) is 11.3 Å². The predicted molar refractivity (Wildman–Crippen MR) is 65.3 cm³/mol. The number of ketones is 1. The van der Waals surface area contributed by atoms with Crippen LogP contribution in [0.15, 0.2) is 30.3 Å². The maximum Gasteiger partial charge on any atom is 0.198 e. The molecule has 0 saturated carbocycles. The molecular formula is C14H10F3NO. The number of anilines is 1. The highest BCUT2D eigenvalue weighted by Crippen LogP contribution is 2.21. The fourth-order valence-electron chi connectivity index (χ4n) is 1.71. The van der Waals surface area contributed by atoms with Crippen LogP contribution >= 0.6 is 0 Å². The molecule has 2 aromatic carbocycles. The Hall–Kier alpha value is -2.30. The first-order valence-electron chi connectivity index (χ1n) is 5.45. The molecule has 0 aliphatic rings. The zero-order chi connectivity index (χ0) is 14.2. The van der Waals surface area contributed by atoms with E-state index >= 15 is 0 Å². The lowest BCUT2D eigenvalue weighted by Gasteiger charge is -2.07. The van der Waals surface area contributed by atoms with E-state index in [1.165, 1.54) is 6.92 Å². The standard InChI is InChI=1S/C14H10F3NO/c1-7-4-12(17)10(6-11(7)16)14(19)9-3-2-8(15)5-13(9)18/h2-6H,18H2,1H3. The topological polar surface area (TPSA) is 43.1 Å². The SMILES string of the molecule is Cc1cc(F)c(C(=O)c2ccc(F)cc2N)cc1F. The highest BCUT2D eigenvalue weighted by Gasteiger charge is 2.18. The van der Waals surface area contributed by atoms with E-state index in [-0.39, 0.29) is 16.8 Å². The van der Waals surface area contributed by atoms with Crippen LogP contribution in [0.5, 0.6) is 0 Å². The molecule has 0 atom stereocenters. The first-order chi connectivity index (χ1) is 8.90. The third-order valence-electron chi connectivity index (χ3n) is 2.75. The van der Waals surface area contributed by atoms with Crippen molar-refractivity contribution in [2.24, 2.45) is 0 Å². The van der Waals surface area contributed by atoms with E-state index in [0.717, 1.165) is 30.3 Å². The molecule has 5 heteroatoms. The number of nitrogens with two attached hydrogens (primary N) is 1. The van der Waals surface area contributed by atoms with Crippen LogP contribution in [-0.2, 0) is 0 Å². The molecule has 0 spiro atoms. The van der Waals surface area contributed by atoms with Crippen molar-refractivity contribution in [3.63, 3.8) is 0 Å². The summed E-state index contributed by atoms with van der Waals surface area (Å²) in [5.74, 6) is -2.92. The number of nitrogen functional groups attached to an aromatic ring is 1. The van der Waals surface area contributed by atoms with Crippen LogP contribution in [0.4, 0.5) is 18.9 Å². The van der Waals surface area contributed by atoms with Gasteiger partial charge in [0.1, 0.15) is 17.5 Å². The van der Waals surface area contributed by atoms with Gasteiger partial charge in [-0.25, -0.2) is 13.2 Å². The van der Waals surface area contributed by atoms with Crippen molar-refractivity contribution in [1.29, 1.82) is 0 Å². The second kappa shape index (κ2) is 4.76. The van der Waals surface area contributed by atoms with Crippen molar-refractivity contribution in [1.82, 2.24) is 0 Å². The number of halogens is 3. The Morgan fingerprint density at radius 1 is 1.00 bits per heavy atom. The second-order valence-corrected chi connectivity index (χ2v) is 4.14. The molecule has 0 aliphatic carbocycles. The molecule has 0 saturated heterocycles. The first-order valence-corrected chi connectivity index (χ1v) is 5.45. The predicted octanol–water partition coefficient (Wildman–Crippen LogP) is 3.23. The summed E-state index contributed by atoms with van der Waals surface area (Å²) in [4.78, 5) is 12.1. The van der Waals surface area contributed by atoms with E-state index in [9.17, 15) is 18.0 Å². The fourth-order valence-corrected chi connectivity index (χ4v) is 1.71. The van der Waals surface area contributed by atoms with Gasteiger partial charge in [-0.15, -0.1) is 0 Å². The van der Waals surface area contributed by atoms with Gasteiger partial charge >= 0.3 is 0 Å². The van der Waals surface area contributed by atoms with E-state index in [4.69, 9.17) is 5.73 Å². The van der Waals surface area contributed by atoms with Crippen LogP contribution in [0.3, 0.4) is 0 Å². The zero-order valence-electron chi connectivity index (χ0n) is 10.0. The van der Waals surface area contributed by atoms with Crippen molar-refractivity contribution in [3.8, 4) is 0 Å². The number of aryl methyl sites for hydroxylation is 1. The molecule has 2 nitrogen and oxygen atoms in total. The Kier molecular flexibility index (Phi) is 3.29. The maximum absolute atomic E-state index is 13.7. The van der Waals surface area contributed by atoms with E-state index in [2.05, 4.69) is 0 Å². The normalized spacial score (nSPS) is 10.5. The number of hydrogen-bond acceptors (Lipinski definition) is 2. The maximum atomic E-state index is 13.7. The third-order valence-corrected chi connectivity index (χ3v) is 2.75. The molecule has 0 aliphatic heterocycles. The Bertz CT molecular complexity index is 668. The molecule has 0 unspecified atom stereocenters. The average Bonchev–Trinajstić information content (AvgIpc) is 2.33. The lowest BCUT2D eigenvalue weighted by Crippen LogP contribution is -2.09. The van der Waals surface area contributed by atoms with E-state index in [1.807, 2.05) is 0 Å². The van der Waals surface area contributed by atoms with E-state index in [0.29, 0.717) is 0 Å². The molecule has 2 N–H and O–H groups in total. The van der Waals surface area contributed by atoms with E-state index < -0.39 is 28.8 Å².